The first-order valence-corrected chi connectivity index (χ1v) is 12.7. The highest BCUT2D eigenvalue weighted by Crippen LogP contribution is 2.49. The van der Waals surface area contributed by atoms with Crippen LogP contribution in [-0.4, -0.2) is 42.8 Å². The molecule has 0 saturated heterocycles. The molecule has 0 radical (unpaired) electrons. The van der Waals surface area contributed by atoms with Gasteiger partial charge < -0.3 is 25.3 Å². The van der Waals surface area contributed by atoms with Crippen molar-refractivity contribution in [3.63, 3.8) is 0 Å². The molecule has 3 aromatic rings. The van der Waals surface area contributed by atoms with Crippen LogP contribution in [-0.2, 0) is 5.54 Å². The number of alkyl halides is 3. The summed E-state index contributed by atoms with van der Waals surface area (Å²) in [5, 5.41) is 2.72. The summed E-state index contributed by atoms with van der Waals surface area (Å²) in [5.74, 6) is -2.22. The Hall–Kier alpha value is -3.58. The SMILES string of the molecule is COc1cc(C(=O)NCSc2cc3c(c(-c4ccc(F)c(F)c4)n2)OC[C@@]3(N)C(F)(F)F)ccc1OC1CC1. The van der Waals surface area contributed by atoms with Crippen LogP contribution < -0.4 is 25.3 Å². The minimum absolute atomic E-state index is 0.00339. The first kappa shape index (κ1) is 27.0. The van der Waals surface area contributed by atoms with E-state index in [1.165, 1.54) is 19.2 Å². The van der Waals surface area contributed by atoms with Crippen molar-refractivity contribution in [2.24, 2.45) is 5.73 Å². The highest BCUT2D eigenvalue weighted by atomic mass is 32.2. The molecule has 1 saturated carbocycles. The molecular weight excluding hydrogens is 545 g/mol. The van der Waals surface area contributed by atoms with Crippen LogP contribution in [0.1, 0.15) is 28.8 Å². The molecule has 13 heteroatoms. The van der Waals surface area contributed by atoms with Crippen molar-refractivity contribution in [3.05, 3.63) is 65.2 Å². The molecule has 7 nitrogen and oxygen atoms in total. The number of halogens is 5. The topological polar surface area (TPSA) is 95.7 Å². The Bertz CT molecular complexity index is 1430. The largest absolute Gasteiger partial charge is 0.493 e. The number of fused-ring (bicyclic) bond motifs is 1. The molecule has 1 aliphatic carbocycles. The number of rotatable bonds is 8. The molecule has 206 valence electrons. The van der Waals surface area contributed by atoms with E-state index in [0.29, 0.717) is 11.5 Å². The first-order valence-electron chi connectivity index (χ1n) is 11.7. The highest BCUT2D eigenvalue weighted by molar-refractivity contribution is 7.99. The van der Waals surface area contributed by atoms with Gasteiger partial charge in [-0.3, -0.25) is 4.79 Å². The Kier molecular flexibility index (Phi) is 7.06. The Morgan fingerprint density at radius 1 is 1.15 bits per heavy atom. The fourth-order valence-corrected chi connectivity index (χ4v) is 4.66. The van der Waals surface area contributed by atoms with Crippen LogP contribution in [0.25, 0.3) is 11.3 Å². The van der Waals surface area contributed by atoms with E-state index in [1.807, 2.05) is 0 Å². The number of ether oxygens (including phenoxy) is 3. The second kappa shape index (κ2) is 10.2. The molecule has 0 bridgehead atoms. The predicted octanol–water partition coefficient (Wildman–Crippen LogP) is 5.16. The smallest absolute Gasteiger partial charge is 0.414 e. The Morgan fingerprint density at radius 3 is 2.59 bits per heavy atom. The first-order chi connectivity index (χ1) is 18.5. The van der Waals surface area contributed by atoms with Crippen LogP contribution in [0.2, 0.25) is 0 Å². The van der Waals surface area contributed by atoms with Gasteiger partial charge in [-0.25, -0.2) is 13.8 Å². The Balaban J connectivity index is 1.38. The van der Waals surface area contributed by atoms with Crippen molar-refractivity contribution in [2.75, 3.05) is 19.6 Å². The van der Waals surface area contributed by atoms with Crippen LogP contribution in [0, 0.1) is 11.6 Å². The van der Waals surface area contributed by atoms with E-state index in [2.05, 4.69) is 10.3 Å². The number of thioether (sulfide) groups is 1. The van der Waals surface area contributed by atoms with Crippen LogP contribution in [0.3, 0.4) is 0 Å². The van der Waals surface area contributed by atoms with Crippen molar-refractivity contribution in [3.8, 4) is 28.5 Å². The van der Waals surface area contributed by atoms with Gasteiger partial charge in [0.2, 0.25) is 0 Å². The van der Waals surface area contributed by atoms with Crippen LogP contribution >= 0.6 is 11.8 Å². The van der Waals surface area contributed by atoms with Gasteiger partial charge in [-0.1, -0.05) is 11.8 Å². The number of nitrogens with one attached hydrogen (secondary N) is 1. The average Bonchev–Trinajstić information content (AvgIpc) is 3.65. The van der Waals surface area contributed by atoms with Crippen LogP contribution in [0.15, 0.2) is 47.5 Å². The van der Waals surface area contributed by atoms with Crippen LogP contribution in [0.5, 0.6) is 17.2 Å². The average molecular weight is 568 g/mol. The van der Waals surface area contributed by atoms with E-state index < -0.39 is 41.4 Å². The lowest BCUT2D eigenvalue weighted by Gasteiger charge is -2.26. The molecule has 1 aromatic heterocycles. The fourth-order valence-electron chi connectivity index (χ4n) is 3.95. The summed E-state index contributed by atoms with van der Waals surface area (Å²) >= 11 is 0.921. The van der Waals surface area contributed by atoms with Gasteiger partial charge >= 0.3 is 6.18 Å². The van der Waals surface area contributed by atoms with E-state index in [-0.39, 0.29) is 39.6 Å². The molecular formula is C26H22F5N3O4S. The third-order valence-electron chi connectivity index (χ3n) is 6.27. The zero-order chi connectivity index (χ0) is 27.9. The second-order valence-electron chi connectivity index (χ2n) is 9.05. The van der Waals surface area contributed by atoms with E-state index in [4.69, 9.17) is 19.9 Å². The molecule has 2 aliphatic rings. The summed E-state index contributed by atoms with van der Waals surface area (Å²) in [6.45, 7) is -0.905. The van der Waals surface area contributed by atoms with Gasteiger partial charge in [0, 0.05) is 16.7 Å². The molecule has 2 heterocycles. The van der Waals surface area contributed by atoms with Gasteiger partial charge in [0.25, 0.3) is 5.91 Å². The van der Waals surface area contributed by atoms with Gasteiger partial charge in [0.1, 0.15) is 12.3 Å². The summed E-state index contributed by atoms with van der Waals surface area (Å²) < 4.78 is 85.5. The van der Waals surface area contributed by atoms with Crippen molar-refractivity contribution in [1.29, 1.82) is 0 Å². The highest BCUT2D eigenvalue weighted by Gasteiger charge is 2.59. The maximum Gasteiger partial charge on any atom is 0.414 e. The lowest BCUT2D eigenvalue weighted by molar-refractivity contribution is -0.191. The number of aromatic nitrogens is 1. The number of hydrogen-bond donors (Lipinski definition) is 2. The van der Waals surface area contributed by atoms with Gasteiger partial charge in [0.15, 0.2) is 34.4 Å². The zero-order valence-corrected chi connectivity index (χ0v) is 21.2. The molecule has 3 N–H and O–H groups in total. The van der Waals surface area contributed by atoms with Crippen molar-refractivity contribution in [2.45, 2.75) is 35.7 Å². The minimum atomic E-state index is -4.87. The third-order valence-corrected chi connectivity index (χ3v) is 7.06. The standard InChI is InChI=1S/C26H22F5N3O4S/c1-36-20-9-14(3-7-19(20)38-15-4-5-15)24(35)33-12-39-21-10-16-23(37-11-25(16,32)26(29,30)31)22(34-21)13-2-6-17(27)18(28)8-13/h2-3,6-10,15H,4-5,11-12,32H2,1H3,(H,33,35)/t25-/m0/s1. The van der Waals surface area contributed by atoms with Crippen molar-refractivity contribution in [1.82, 2.24) is 10.3 Å². The van der Waals surface area contributed by atoms with E-state index in [0.717, 1.165) is 42.8 Å². The normalized spacial score (nSPS) is 18.3. The van der Waals surface area contributed by atoms with Gasteiger partial charge in [-0.15, -0.1) is 0 Å². The zero-order valence-electron chi connectivity index (χ0n) is 20.4. The fraction of sp³-hybridized carbons (Fsp3) is 0.308. The summed E-state index contributed by atoms with van der Waals surface area (Å²) in [6, 6.07) is 8.67. The van der Waals surface area contributed by atoms with Crippen molar-refractivity contribution < 1.29 is 41.0 Å². The Morgan fingerprint density at radius 2 is 1.92 bits per heavy atom. The number of carbonyl (C=O) groups is 1. The lowest BCUT2D eigenvalue weighted by atomic mass is 9.92. The summed E-state index contributed by atoms with van der Waals surface area (Å²) in [6.07, 6.45) is -2.81. The summed E-state index contributed by atoms with van der Waals surface area (Å²) in [7, 11) is 1.46. The molecule has 0 unspecified atom stereocenters. The quantitative estimate of drug-likeness (QED) is 0.221. The molecule has 1 amide bonds. The second-order valence-corrected chi connectivity index (χ2v) is 10.0. The number of methoxy groups -OCH3 is 1. The van der Waals surface area contributed by atoms with E-state index in [1.54, 1.807) is 12.1 Å². The molecule has 1 atom stereocenters. The van der Waals surface area contributed by atoms with Crippen LogP contribution in [0.4, 0.5) is 22.0 Å². The third kappa shape index (κ3) is 5.33. The van der Waals surface area contributed by atoms with Gasteiger partial charge in [-0.2, -0.15) is 13.2 Å². The van der Waals surface area contributed by atoms with Gasteiger partial charge in [-0.05, 0) is 55.3 Å². The minimum Gasteiger partial charge on any atom is -0.493 e. The van der Waals surface area contributed by atoms with E-state index >= 15 is 0 Å². The summed E-state index contributed by atoms with van der Waals surface area (Å²) in [4.78, 5) is 17.0. The maximum atomic E-state index is 13.9. The molecule has 0 spiro atoms. The molecule has 2 aromatic carbocycles. The number of pyridine rings is 1. The number of hydrogen-bond acceptors (Lipinski definition) is 7. The maximum absolute atomic E-state index is 13.9. The molecule has 5 rings (SSSR count). The number of amides is 1. The van der Waals surface area contributed by atoms with Gasteiger partial charge in [0.05, 0.1) is 24.1 Å². The number of carbonyl (C=O) groups excluding carboxylic acids is 1. The summed E-state index contributed by atoms with van der Waals surface area (Å²) in [5.41, 5.74) is 2.66. The molecule has 1 aliphatic heterocycles. The number of benzene rings is 2. The predicted molar refractivity (Wildman–Crippen MR) is 132 cm³/mol. The lowest BCUT2D eigenvalue weighted by Crippen LogP contribution is -2.51. The molecule has 1 fully saturated rings. The van der Waals surface area contributed by atoms with Crippen molar-refractivity contribution >= 4 is 17.7 Å². The number of nitrogens with two attached hydrogens (primary N) is 1. The Labute approximate surface area is 223 Å². The monoisotopic (exact) mass is 567 g/mol. The van der Waals surface area contributed by atoms with E-state index in [9.17, 15) is 26.7 Å². The molecule has 39 heavy (non-hydrogen) atoms. The number of nitrogens with zero attached hydrogens (tertiary/aromatic N) is 1.